The predicted octanol–water partition coefficient (Wildman–Crippen LogP) is 7.38. The molecule has 2 aliphatic rings. The molecule has 4 aromatic rings. The summed E-state index contributed by atoms with van der Waals surface area (Å²) in [5.74, 6) is 0.468. The Morgan fingerprint density at radius 1 is 0.895 bits per heavy atom. The van der Waals surface area contributed by atoms with Gasteiger partial charge in [-0.2, -0.15) is 0 Å². The molecule has 6 rings (SSSR count). The fraction of sp³-hybridized carbons (Fsp3) is 0.212. The van der Waals surface area contributed by atoms with E-state index >= 15 is 0 Å². The lowest BCUT2D eigenvalue weighted by Gasteiger charge is -2.40. The van der Waals surface area contributed by atoms with Gasteiger partial charge in [0.05, 0.1) is 18.7 Å². The molecule has 1 aliphatic carbocycles. The number of esters is 1. The molecule has 5 nitrogen and oxygen atoms in total. The number of rotatable bonds is 4. The first-order valence-corrected chi connectivity index (χ1v) is 12.8. The van der Waals surface area contributed by atoms with Crippen molar-refractivity contribution in [2.24, 2.45) is 5.41 Å². The summed E-state index contributed by atoms with van der Waals surface area (Å²) in [6.07, 6.45) is 1.31. The molecule has 38 heavy (non-hydrogen) atoms. The Morgan fingerprint density at radius 3 is 2.45 bits per heavy atom. The number of carbonyl (C=O) groups is 2. The number of benzene rings is 4. The first-order valence-electron chi connectivity index (χ1n) is 12.8. The second kappa shape index (κ2) is 9.18. The summed E-state index contributed by atoms with van der Waals surface area (Å²) in [4.78, 5) is 26.4. The van der Waals surface area contributed by atoms with Crippen molar-refractivity contribution in [1.29, 1.82) is 0 Å². The van der Waals surface area contributed by atoms with Gasteiger partial charge in [0.15, 0.2) is 17.3 Å². The summed E-state index contributed by atoms with van der Waals surface area (Å²) in [5.41, 5.74) is 5.26. The molecule has 0 radical (unpaired) electrons. The summed E-state index contributed by atoms with van der Waals surface area (Å²) in [7, 11) is 1.55. The monoisotopic (exact) mass is 503 g/mol. The lowest BCUT2D eigenvalue weighted by Crippen LogP contribution is -2.33. The molecule has 0 amide bonds. The minimum absolute atomic E-state index is 0.126. The van der Waals surface area contributed by atoms with Crippen molar-refractivity contribution in [2.75, 3.05) is 12.4 Å². The molecule has 1 aliphatic heterocycles. The molecule has 0 saturated carbocycles. The Morgan fingerprint density at radius 2 is 1.66 bits per heavy atom. The zero-order valence-corrected chi connectivity index (χ0v) is 21.7. The number of ether oxygens (including phenoxy) is 2. The van der Waals surface area contributed by atoms with Gasteiger partial charge in [-0.15, -0.1) is 0 Å². The molecular formula is C33H29NO4. The van der Waals surface area contributed by atoms with Crippen molar-refractivity contribution in [3.63, 3.8) is 0 Å². The second-order valence-electron chi connectivity index (χ2n) is 10.8. The number of allylic oxidation sites excluding steroid dienone is 1. The van der Waals surface area contributed by atoms with E-state index in [1.165, 1.54) is 0 Å². The average molecular weight is 504 g/mol. The van der Waals surface area contributed by atoms with Crippen LogP contribution in [0.1, 0.15) is 54.2 Å². The molecule has 1 N–H and O–H groups in total. The van der Waals surface area contributed by atoms with Crippen molar-refractivity contribution in [3.8, 4) is 11.5 Å². The molecule has 0 fully saturated rings. The number of fused-ring (bicyclic) bond motifs is 4. The van der Waals surface area contributed by atoms with Gasteiger partial charge in [0.1, 0.15) is 0 Å². The Bertz CT molecular complexity index is 1620. The van der Waals surface area contributed by atoms with Gasteiger partial charge in [0.25, 0.3) is 0 Å². The highest BCUT2D eigenvalue weighted by Crippen LogP contribution is 2.52. The molecule has 0 unspecified atom stereocenters. The number of carbonyl (C=O) groups excluding carboxylic acids is 2. The van der Waals surface area contributed by atoms with Gasteiger partial charge >= 0.3 is 5.97 Å². The van der Waals surface area contributed by atoms with Crippen LogP contribution in [0.3, 0.4) is 0 Å². The quantitative estimate of drug-likeness (QED) is 0.233. The molecule has 4 aromatic carbocycles. The molecule has 0 aromatic heterocycles. The molecular weight excluding hydrogens is 474 g/mol. The number of hydrogen-bond donors (Lipinski definition) is 1. The van der Waals surface area contributed by atoms with E-state index < -0.39 is 5.97 Å². The van der Waals surface area contributed by atoms with Crippen LogP contribution in [0.2, 0.25) is 0 Å². The molecule has 1 atom stereocenters. The van der Waals surface area contributed by atoms with Gasteiger partial charge in [0, 0.05) is 23.2 Å². The maximum Gasteiger partial charge on any atom is 0.343 e. The van der Waals surface area contributed by atoms with E-state index in [2.05, 4.69) is 43.4 Å². The van der Waals surface area contributed by atoms with Crippen LogP contribution in [0.5, 0.6) is 11.5 Å². The first-order chi connectivity index (χ1) is 18.3. The van der Waals surface area contributed by atoms with Crippen LogP contribution in [-0.4, -0.2) is 18.9 Å². The number of nitrogens with one attached hydrogen (secondary N) is 1. The number of ketones is 1. The van der Waals surface area contributed by atoms with Crippen molar-refractivity contribution in [1.82, 2.24) is 0 Å². The third kappa shape index (κ3) is 4.14. The Labute approximate surface area is 222 Å². The standard InChI is InChI=1S/C33H29NO4/c1-33(2)18-24-29-23-12-8-7-9-20(23)13-15-25(29)34-31(30(24)26(35)19-33)22-14-16-27(28(17-22)37-3)38-32(36)21-10-5-4-6-11-21/h4-17,31,34H,18-19H2,1-3H3/t31-/m0/s1. The lowest BCUT2D eigenvalue weighted by molar-refractivity contribution is -0.118. The van der Waals surface area contributed by atoms with E-state index in [0.29, 0.717) is 23.5 Å². The molecule has 0 saturated heterocycles. The second-order valence-corrected chi connectivity index (χ2v) is 10.8. The number of methoxy groups -OCH3 is 1. The van der Waals surface area contributed by atoms with E-state index in [-0.39, 0.29) is 17.2 Å². The van der Waals surface area contributed by atoms with Gasteiger partial charge in [0.2, 0.25) is 0 Å². The highest BCUT2D eigenvalue weighted by Gasteiger charge is 2.41. The summed E-state index contributed by atoms with van der Waals surface area (Å²) in [6, 6.07) is 26.6. The van der Waals surface area contributed by atoms with E-state index in [0.717, 1.165) is 45.2 Å². The highest BCUT2D eigenvalue weighted by molar-refractivity contribution is 6.12. The molecule has 5 heteroatoms. The summed E-state index contributed by atoms with van der Waals surface area (Å²) < 4.78 is 11.3. The van der Waals surface area contributed by atoms with E-state index in [1.54, 1.807) is 37.4 Å². The zero-order valence-electron chi connectivity index (χ0n) is 21.7. The van der Waals surface area contributed by atoms with E-state index in [4.69, 9.17) is 9.47 Å². The predicted molar refractivity (Wildman–Crippen MR) is 150 cm³/mol. The Kier molecular flexibility index (Phi) is 5.79. The van der Waals surface area contributed by atoms with Crippen molar-refractivity contribution in [3.05, 3.63) is 107 Å². The first kappa shape index (κ1) is 24.0. The summed E-state index contributed by atoms with van der Waals surface area (Å²) in [6.45, 7) is 4.32. The minimum atomic E-state index is -0.456. The maximum atomic E-state index is 13.7. The van der Waals surface area contributed by atoms with Gasteiger partial charge in [-0.25, -0.2) is 4.79 Å². The van der Waals surface area contributed by atoms with Crippen molar-refractivity contribution >= 4 is 33.8 Å². The Balaban J connectivity index is 1.44. The van der Waals surface area contributed by atoms with Crippen molar-refractivity contribution in [2.45, 2.75) is 32.7 Å². The number of Topliss-reactive ketones (excluding diaryl/α,β-unsaturated/α-hetero) is 1. The van der Waals surface area contributed by atoms with E-state index in [1.807, 2.05) is 30.3 Å². The van der Waals surface area contributed by atoms with E-state index in [9.17, 15) is 9.59 Å². The highest BCUT2D eigenvalue weighted by atomic mass is 16.6. The van der Waals surface area contributed by atoms with Crippen LogP contribution >= 0.6 is 0 Å². The van der Waals surface area contributed by atoms with Gasteiger partial charge in [-0.1, -0.05) is 68.4 Å². The van der Waals surface area contributed by atoms with Crippen LogP contribution in [-0.2, 0) is 4.79 Å². The minimum Gasteiger partial charge on any atom is -0.493 e. The smallest absolute Gasteiger partial charge is 0.343 e. The summed E-state index contributed by atoms with van der Waals surface area (Å²) >= 11 is 0. The van der Waals surface area contributed by atoms with Gasteiger partial charge in [-0.3, -0.25) is 4.79 Å². The third-order valence-corrected chi connectivity index (χ3v) is 7.47. The van der Waals surface area contributed by atoms with Gasteiger partial charge in [-0.05, 0) is 64.1 Å². The van der Waals surface area contributed by atoms with Crippen LogP contribution in [0.15, 0.2) is 90.5 Å². The fourth-order valence-corrected chi connectivity index (χ4v) is 5.77. The lowest BCUT2D eigenvalue weighted by atomic mass is 9.68. The molecule has 0 spiro atoms. The molecule has 190 valence electrons. The normalized spacial score (nSPS) is 17.9. The van der Waals surface area contributed by atoms with Gasteiger partial charge < -0.3 is 14.8 Å². The van der Waals surface area contributed by atoms with Crippen molar-refractivity contribution < 1.29 is 19.1 Å². The zero-order chi connectivity index (χ0) is 26.4. The Hall–Kier alpha value is -4.38. The fourth-order valence-electron chi connectivity index (χ4n) is 5.77. The molecule has 1 heterocycles. The number of hydrogen-bond acceptors (Lipinski definition) is 5. The number of anilines is 1. The average Bonchev–Trinajstić information content (AvgIpc) is 2.92. The van der Waals surface area contributed by atoms with Crippen LogP contribution in [0, 0.1) is 5.41 Å². The SMILES string of the molecule is COc1cc([C@@H]2Nc3ccc4ccccc4c3C3=C2C(=O)CC(C)(C)C3)ccc1OC(=O)c1ccccc1. The third-order valence-electron chi connectivity index (χ3n) is 7.47. The van der Waals surface area contributed by atoms with Crippen LogP contribution in [0.25, 0.3) is 16.3 Å². The largest absolute Gasteiger partial charge is 0.493 e. The topological polar surface area (TPSA) is 64.6 Å². The molecule has 0 bridgehead atoms. The maximum absolute atomic E-state index is 13.7. The van der Waals surface area contributed by atoms with Crippen LogP contribution in [0.4, 0.5) is 5.69 Å². The summed E-state index contributed by atoms with van der Waals surface area (Å²) in [5, 5.41) is 5.96. The van der Waals surface area contributed by atoms with Crippen LogP contribution < -0.4 is 14.8 Å².